The molecule has 1 aromatic heterocycles. The molecule has 2 heterocycles. The molecule has 5 aliphatic rings. The number of benzene rings is 1. The fourth-order valence-electron chi connectivity index (χ4n) is 7.54. The Balaban J connectivity index is 1.25. The molecule has 4 fully saturated rings. The molecule has 0 amide bonds. The van der Waals surface area contributed by atoms with Gasteiger partial charge in [0.25, 0.3) is 0 Å². The lowest BCUT2D eigenvalue weighted by molar-refractivity contribution is -0.168. The minimum atomic E-state index is -4.52. The van der Waals surface area contributed by atoms with Crippen LogP contribution in [0.2, 0.25) is 0 Å². The largest absolute Gasteiger partial charge is 0.470 e. The predicted molar refractivity (Wildman–Crippen MR) is 109 cm³/mol. The number of fused-ring (bicyclic) bond motifs is 3. The molecule has 160 valence electrons. The molecule has 4 saturated carbocycles. The van der Waals surface area contributed by atoms with E-state index in [4.69, 9.17) is 4.52 Å². The van der Waals surface area contributed by atoms with Crippen LogP contribution < -0.4 is 0 Å². The van der Waals surface area contributed by atoms with Gasteiger partial charge in [0, 0.05) is 5.56 Å². The number of phosphoric acid groups is 1. The van der Waals surface area contributed by atoms with E-state index >= 15 is 0 Å². The van der Waals surface area contributed by atoms with Crippen LogP contribution in [0.3, 0.4) is 0 Å². The fourth-order valence-corrected chi connectivity index (χ4v) is 8.27. The van der Waals surface area contributed by atoms with Crippen molar-refractivity contribution in [2.24, 2.45) is 23.7 Å². The second-order valence-corrected chi connectivity index (χ2v) is 11.1. The lowest BCUT2D eigenvalue weighted by Crippen LogP contribution is -2.58. The molecular formula is C22H27N2O5P. The average Bonchev–Trinajstić information content (AvgIpc) is 3.22. The molecule has 4 bridgehead atoms. The smallest absolute Gasteiger partial charge is 0.393 e. The minimum absolute atomic E-state index is 0.0752. The zero-order valence-electron chi connectivity index (χ0n) is 16.7. The van der Waals surface area contributed by atoms with E-state index in [1.165, 1.54) is 11.1 Å². The van der Waals surface area contributed by atoms with Gasteiger partial charge in [-0.2, -0.15) is 0 Å². The highest BCUT2D eigenvalue weighted by atomic mass is 31.2. The Morgan fingerprint density at radius 2 is 1.93 bits per heavy atom. The number of phosphoric ester groups is 1. The molecule has 7 nitrogen and oxygen atoms in total. The van der Waals surface area contributed by atoms with Crippen molar-refractivity contribution in [3.05, 3.63) is 42.4 Å². The van der Waals surface area contributed by atoms with E-state index in [0.717, 1.165) is 25.0 Å². The van der Waals surface area contributed by atoms with E-state index in [2.05, 4.69) is 21.7 Å². The molecular weight excluding hydrogens is 403 g/mol. The van der Waals surface area contributed by atoms with Crippen LogP contribution in [0.5, 0.6) is 0 Å². The highest BCUT2D eigenvalue weighted by Gasteiger charge is 2.59. The molecule has 4 atom stereocenters. The third kappa shape index (κ3) is 2.94. The van der Waals surface area contributed by atoms with Crippen molar-refractivity contribution in [3.63, 3.8) is 0 Å². The van der Waals surface area contributed by atoms with Gasteiger partial charge >= 0.3 is 7.82 Å². The van der Waals surface area contributed by atoms with Gasteiger partial charge in [0.05, 0.1) is 36.0 Å². The summed E-state index contributed by atoms with van der Waals surface area (Å²) in [6, 6.07) is 8.41. The predicted octanol–water partition coefficient (Wildman–Crippen LogP) is 3.51. The standard InChI is InChI=1S/C22H27N2O5P/c25-20(7-18-16-3-1-2-4-17(16)19-11-23-12-24(18)19)21-14-5-13-6-15(21)10-22(8-13,9-14)29-30(26,27)28/h1-4,11-15,18,20-21,25H,5-10H2,(H2,26,27,28). The first-order valence-electron chi connectivity index (χ1n) is 10.9. The summed E-state index contributed by atoms with van der Waals surface area (Å²) in [5.41, 5.74) is 2.82. The summed E-state index contributed by atoms with van der Waals surface area (Å²) in [5.74, 6) is 1.13. The lowest BCUT2D eigenvalue weighted by atomic mass is 9.49. The van der Waals surface area contributed by atoms with E-state index in [1.54, 1.807) is 0 Å². The molecule has 1 aromatic carbocycles. The van der Waals surface area contributed by atoms with E-state index < -0.39 is 19.5 Å². The maximum absolute atomic E-state index is 11.6. The van der Waals surface area contributed by atoms with Gasteiger partial charge in [0.15, 0.2) is 0 Å². The van der Waals surface area contributed by atoms with Gasteiger partial charge < -0.3 is 19.5 Å². The molecule has 7 rings (SSSR count). The van der Waals surface area contributed by atoms with Gasteiger partial charge in [-0.25, -0.2) is 9.55 Å². The number of rotatable bonds is 5. The Bertz CT molecular complexity index is 1020. The highest BCUT2D eigenvalue weighted by Crippen LogP contribution is 2.64. The summed E-state index contributed by atoms with van der Waals surface area (Å²) in [6.07, 6.45) is 8.00. The summed E-state index contributed by atoms with van der Waals surface area (Å²) in [4.78, 5) is 23.2. The van der Waals surface area contributed by atoms with Crippen LogP contribution >= 0.6 is 7.82 Å². The Kier molecular flexibility index (Phi) is 4.16. The number of hydrogen-bond acceptors (Lipinski definition) is 4. The number of hydrogen-bond donors (Lipinski definition) is 3. The van der Waals surface area contributed by atoms with Gasteiger partial charge in [-0.05, 0) is 67.8 Å². The van der Waals surface area contributed by atoms with Crippen LogP contribution in [0.25, 0.3) is 11.3 Å². The van der Waals surface area contributed by atoms with Crippen molar-refractivity contribution < 1.29 is 24.0 Å². The van der Waals surface area contributed by atoms with Crippen LogP contribution in [0, 0.1) is 23.7 Å². The summed E-state index contributed by atoms with van der Waals surface area (Å²) >= 11 is 0. The SMILES string of the molecule is O=P(O)(O)OC12CC3CC(C1)C(C(O)CC1c4ccccc4-c4cncn41)C(C3)C2. The number of aliphatic hydroxyl groups excluding tert-OH is 1. The van der Waals surface area contributed by atoms with Crippen LogP contribution in [-0.2, 0) is 9.09 Å². The van der Waals surface area contributed by atoms with Crippen molar-refractivity contribution in [2.75, 3.05) is 0 Å². The average molecular weight is 430 g/mol. The Morgan fingerprint density at radius 1 is 1.20 bits per heavy atom. The zero-order chi connectivity index (χ0) is 20.7. The molecule has 30 heavy (non-hydrogen) atoms. The normalized spacial score (nSPS) is 37.2. The first kappa shape index (κ1) is 19.2. The molecule has 0 saturated heterocycles. The minimum Gasteiger partial charge on any atom is -0.393 e. The number of aliphatic hydroxyl groups is 1. The summed E-state index contributed by atoms with van der Waals surface area (Å²) in [6.45, 7) is 0. The van der Waals surface area contributed by atoms with E-state index in [0.29, 0.717) is 25.2 Å². The first-order chi connectivity index (χ1) is 14.3. The summed E-state index contributed by atoms with van der Waals surface area (Å²) < 4.78 is 19.1. The number of nitrogens with zero attached hydrogens (tertiary/aromatic N) is 2. The van der Waals surface area contributed by atoms with E-state index in [-0.39, 0.29) is 23.8 Å². The van der Waals surface area contributed by atoms with Crippen molar-refractivity contribution in [1.29, 1.82) is 0 Å². The highest BCUT2D eigenvalue weighted by molar-refractivity contribution is 7.46. The van der Waals surface area contributed by atoms with Gasteiger partial charge in [0.1, 0.15) is 0 Å². The molecule has 3 N–H and O–H groups in total. The molecule has 4 unspecified atom stereocenters. The summed E-state index contributed by atoms with van der Waals surface area (Å²) in [5, 5.41) is 11.4. The summed E-state index contributed by atoms with van der Waals surface area (Å²) in [7, 11) is -4.52. The van der Waals surface area contributed by atoms with Crippen LogP contribution in [0.4, 0.5) is 0 Å². The Labute approximate surface area is 175 Å². The lowest BCUT2D eigenvalue weighted by Gasteiger charge is -2.60. The van der Waals surface area contributed by atoms with Crippen LogP contribution in [0.1, 0.15) is 50.1 Å². The third-order valence-electron chi connectivity index (χ3n) is 8.11. The third-order valence-corrected chi connectivity index (χ3v) is 8.73. The molecule has 1 aliphatic heterocycles. The monoisotopic (exact) mass is 430 g/mol. The maximum Gasteiger partial charge on any atom is 0.470 e. The topological polar surface area (TPSA) is 105 Å². The molecule has 8 heteroatoms. The molecule has 2 aromatic rings. The van der Waals surface area contributed by atoms with Gasteiger partial charge in [-0.3, -0.25) is 4.52 Å². The first-order valence-corrected chi connectivity index (χ1v) is 12.4. The van der Waals surface area contributed by atoms with Crippen LogP contribution in [0.15, 0.2) is 36.8 Å². The van der Waals surface area contributed by atoms with Crippen molar-refractivity contribution in [2.45, 2.75) is 56.3 Å². The van der Waals surface area contributed by atoms with E-state index in [9.17, 15) is 19.5 Å². The van der Waals surface area contributed by atoms with Crippen molar-refractivity contribution >= 4 is 7.82 Å². The number of aromatic nitrogens is 2. The molecule has 0 spiro atoms. The Morgan fingerprint density at radius 3 is 2.67 bits per heavy atom. The van der Waals surface area contributed by atoms with Crippen LogP contribution in [-0.4, -0.2) is 36.1 Å². The second-order valence-electron chi connectivity index (χ2n) is 9.90. The Hall–Kier alpha value is -1.50. The fraction of sp³-hybridized carbons (Fsp3) is 0.591. The van der Waals surface area contributed by atoms with Crippen molar-refractivity contribution in [3.8, 4) is 11.3 Å². The number of imidazole rings is 1. The maximum atomic E-state index is 11.6. The molecule has 4 aliphatic carbocycles. The quantitative estimate of drug-likeness (QED) is 0.627. The molecule has 0 radical (unpaired) electrons. The second kappa shape index (κ2) is 6.50. The van der Waals surface area contributed by atoms with Gasteiger partial charge in [-0.15, -0.1) is 0 Å². The van der Waals surface area contributed by atoms with Crippen molar-refractivity contribution in [1.82, 2.24) is 9.55 Å². The van der Waals surface area contributed by atoms with Gasteiger partial charge in [-0.1, -0.05) is 24.3 Å². The van der Waals surface area contributed by atoms with Gasteiger partial charge in [0.2, 0.25) is 0 Å². The van der Waals surface area contributed by atoms with E-state index in [1.807, 2.05) is 24.7 Å². The zero-order valence-corrected chi connectivity index (χ0v) is 17.6.